The fraction of sp³-hybridized carbons (Fsp3) is 0.450. The highest BCUT2D eigenvalue weighted by molar-refractivity contribution is 5.66. The van der Waals surface area contributed by atoms with E-state index in [1.165, 1.54) is 22.3 Å². The first-order chi connectivity index (χ1) is 9.57. The van der Waals surface area contributed by atoms with Gasteiger partial charge in [0.1, 0.15) is 0 Å². The summed E-state index contributed by atoms with van der Waals surface area (Å²) in [5.41, 5.74) is 6.68. The van der Waals surface area contributed by atoms with E-state index in [9.17, 15) is 0 Å². The molecule has 0 saturated heterocycles. The average Bonchev–Trinajstić information content (AvgIpc) is 2.36. The zero-order chi connectivity index (χ0) is 15.8. The number of benzene rings is 1. The predicted molar refractivity (Wildman–Crippen MR) is 91.8 cm³/mol. The molecule has 0 bridgehead atoms. The van der Waals surface area contributed by atoms with E-state index < -0.39 is 0 Å². The molecule has 1 aromatic heterocycles. The maximum Gasteiger partial charge on any atom is 0.0378 e. The Morgan fingerprint density at radius 1 is 0.714 bits per heavy atom. The van der Waals surface area contributed by atoms with Gasteiger partial charge in [-0.15, -0.1) is 0 Å². The van der Waals surface area contributed by atoms with E-state index in [0.29, 0.717) is 0 Å². The molecule has 0 fully saturated rings. The summed E-state index contributed by atoms with van der Waals surface area (Å²) >= 11 is 0. The van der Waals surface area contributed by atoms with E-state index in [0.717, 1.165) is 5.69 Å². The van der Waals surface area contributed by atoms with E-state index in [-0.39, 0.29) is 10.8 Å². The largest absolute Gasteiger partial charge is 0.262 e. The van der Waals surface area contributed by atoms with Crippen molar-refractivity contribution in [3.05, 3.63) is 53.3 Å². The average molecular weight is 281 g/mol. The molecule has 0 atom stereocenters. The number of aryl methyl sites for hydroxylation is 1. The van der Waals surface area contributed by atoms with Gasteiger partial charge in [0.2, 0.25) is 0 Å². The zero-order valence-electron chi connectivity index (χ0n) is 14.4. The Kier molecular flexibility index (Phi) is 3.97. The van der Waals surface area contributed by atoms with E-state index in [1.807, 2.05) is 13.1 Å². The van der Waals surface area contributed by atoms with Gasteiger partial charge >= 0.3 is 0 Å². The Morgan fingerprint density at radius 2 is 1.24 bits per heavy atom. The SMILES string of the molecule is Cc1cc(-c2cc(C(C)(C)C)cc(C(C)(C)C)c2)ccn1. The lowest BCUT2D eigenvalue weighted by atomic mass is 9.79. The van der Waals surface area contributed by atoms with Crippen LogP contribution in [0.3, 0.4) is 0 Å². The summed E-state index contributed by atoms with van der Waals surface area (Å²) in [5.74, 6) is 0. The first-order valence-electron chi connectivity index (χ1n) is 7.66. The third kappa shape index (κ3) is 3.72. The van der Waals surface area contributed by atoms with Crippen LogP contribution >= 0.6 is 0 Å². The van der Waals surface area contributed by atoms with Crippen molar-refractivity contribution in [2.45, 2.75) is 59.3 Å². The summed E-state index contributed by atoms with van der Waals surface area (Å²) in [7, 11) is 0. The molecule has 0 radical (unpaired) electrons. The van der Waals surface area contributed by atoms with E-state index in [1.54, 1.807) is 0 Å². The van der Waals surface area contributed by atoms with Gasteiger partial charge in [-0.1, -0.05) is 59.7 Å². The second kappa shape index (κ2) is 5.29. The smallest absolute Gasteiger partial charge is 0.0378 e. The molecule has 1 heteroatoms. The van der Waals surface area contributed by atoms with Crippen molar-refractivity contribution in [3.63, 3.8) is 0 Å². The lowest BCUT2D eigenvalue weighted by Gasteiger charge is -2.26. The third-order valence-electron chi connectivity index (χ3n) is 3.90. The van der Waals surface area contributed by atoms with Crippen LogP contribution in [0, 0.1) is 6.92 Å². The van der Waals surface area contributed by atoms with Gasteiger partial charge in [0, 0.05) is 11.9 Å². The Bertz CT molecular complexity index is 607. The normalized spacial score (nSPS) is 12.5. The Hall–Kier alpha value is -1.63. The fourth-order valence-electron chi connectivity index (χ4n) is 2.39. The van der Waals surface area contributed by atoms with Crippen molar-refractivity contribution in [1.82, 2.24) is 4.98 Å². The van der Waals surface area contributed by atoms with E-state index in [4.69, 9.17) is 0 Å². The molecule has 0 unspecified atom stereocenters. The number of rotatable bonds is 1. The standard InChI is InChI=1S/C20H27N/c1-14-10-15(8-9-21-14)16-11-17(19(2,3)4)13-18(12-16)20(5,6)7/h8-13H,1-7H3. The molecule has 0 spiro atoms. The van der Waals surface area contributed by atoms with Crippen LogP contribution < -0.4 is 0 Å². The first-order valence-corrected chi connectivity index (χ1v) is 7.66. The number of aromatic nitrogens is 1. The van der Waals surface area contributed by atoms with Gasteiger partial charge < -0.3 is 0 Å². The van der Waals surface area contributed by atoms with Crippen LogP contribution in [0.5, 0.6) is 0 Å². The Balaban J connectivity index is 2.66. The maximum absolute atomic E-state index is 4.31. The fourth-order valence-corrected chi connectivity index (χ4v) is 2.39. The van der Waals surface area contributed by atoms with Gasteiger partial charge in [-0.2, -0.15) is 0 Å². The summed E-state index contributed by atoms with van der Waals surface area (Å²) < 4.78 is 0. The molecule has 0 N–H and O–H groups in total. The highest BCUT2D eigenvalue weighted by Gasteiger charge is 2.20. The first kappa shape index (κ1) is 15.8. The van der Waals surface area contributed by atoms with Gasteiger partial charge in [0.15, 0.2) is 0 Å². The van der Waals surface area contributed by atoms with Crippen LogP contribution in [0.4, 0.5) is 0 Å². The molecule has 1 heterocycles. The molecule has 21 heavy (non-hydrogen) atoms. The molecule has 0 amide bonds. The Morgan fingerprint density at radius 3 is 1.67 bits per heavy atom. The van der Waals surface area contributed by atoms with Crippen molar-refractivity contribution in [3.8, 4) is 11.1 Å². The van der Waals surface area contributed by atoms with Crippen LogP contribution in [0.15, 0.2) is 36.5 Å². The van der Waals surface area contributed by atoms with Crippen LogP contribution in [0.1, 0.15) is 58.4 Å². The van der Waals surface area contributed by atoms with Gasteiger partial charge in [-0.3, -0.25) is 4.98 Å². The summed E-state index contributed by atoms with van der Waals surface area (Å²) in [6.07, 6.45) is 1.89. The lowest BCUT2D eigenvalue weighted by Crippen LogP contribution is -2.16. The summed E-state index contributed by atoms with van der Waals surface area (Å²) in [4.78, 5) is 4.31. The Labute approximate surface area is 129 Å². The molecule has 1 aromatic carbocycles. The van der Waals surface area contributed by atoms with Gasteiger partial charge in [0.05, 0.1) is 0 Å². The minimum Gasteiger partial charge on any atom is -0.262 e. The molecular formula is C20H27N. The molecule has 2 aromatic rings. The van der Waals surface area contributed by atoms with Crippen molar-refractivity contribution in [2.75, 3.05) is 0 Å². The highest BCUT2D eigenvalue weighted by atomic mass is 14.6. The third-order valence-corrected chi connectivity index (χ3v) is 3.90. The van der Waals surface area contributed by atoms with Crippen LogP contribution in [-0.4, -0.2) is 4.98 Å². The van der Waals surface area contributed by atoms with Gasteiger partial charge in [-0.05, 0) is 52.1 Å². The molecule has 112 valence electrons. The monoisotopic (exact) mass is 281 g/mol. The van der Waals surface area contributed by atoms with Crippen molar-refractivity contribution in [1.29, 1.82) is 0 Å². The number of hydrogen-bond acceptors (Lipinski definition) is 1. The summed E-state index contributed by atoms with van der Waals surface area (Å²) in [5, 5.41) is 0. The lowest BCUT2D eigenvalue weighted by molar-refractivity contribution is 0.569. The van der Waals surface area contributed by atoms with Gasteiger partial charge in [-0.25, -0.2) is 0 Å². The summed E-state index contributed by atoms with van der Waals surface area (Å²) in [6, 6.07) is 11.3. The topological polar surface area (TPSA) is 12.9 Å². The predicted octanol–water partition coefficient (Wildman–Crippen LogP) is 5.65. The van der Waals surface area contributed by atoms with Crippen LogP contribution in [-0.2, 0) is 10.8 Å². The summed E-state index contributed by atoms with van der Waals surface area (Å²) in [6.45, 7) is 15.7. The molecule has 0 saturated carbocycles. The highest BCUT2D eigenvalue weighted by Crippen LogP contribution is 2.33. The molecule has 0 aliphatic carbocycles. The van der Waals surface area contributed by atoms with Gasteiger partial charge in [0.25, 0.3) is 0 Å². The minimum absolute atomic E-state index is 0.151. The molecular weight excluding hydrogens is 254 g/mol. The molecule has 1 nitrogen and oxygen atoms in total. The van der Waals surface area contributed by atoms with Crippen molar-refractivity contribution in [2.24, 2.45) is 0 Å². The second-order valence-corrected chi connectivity index (χ2v) is 7.98. The van der Waals surface area contributed by atoms with E-state index in [2.05, 4.69) is 76.9 Å². The maximum atomic E-state index is 4.31. The molecule has 2 rings (SSSR count). The van der Waals surface area contributed by atoms with Crippen LogP contribution in [0.2, 0.25) is 0 Å². The molecule has 0 aliphatic rings. The quantitative estimate of drug-likeness (QED) is 0.658. The van der Waals surface area contributed by atoms with Crippen molar-refractivity contribution >= 4 is 0 Å². The molecule has 0 aliphatic heterocycles. The minimum atomic E-state index is 0.151. The second-order valence-electron chi connectivity index (χ2n) is 7.98. The zero-order valence-corrected chi connectivity index (χ0v) is 14.4. The number of pyridine rings is 1. The number of hydrogen-bond donors (Lipinski definition) is 0. The number of nitrogens with zero attached hydrogens (tertiary/aromatic N) is 1. The van der Waals surface area contributed by atoms with Crippen molar-refractivity contribution < 1.29 is 0 Å². The van der Waals surface area contributed by atoms with E-state index >= 15 is 0 Å². The van der Waals surface area contributed by atoms with Crippen LogP contribution in [0.25, 0.3) is 11.1 Å².